The second kappa shape index (κ2) is 7.65. The maximum Gasteiger partial charge on any atom is 0.265 e. The summed E-state index contributed by atoms with van der Waals surface area (Å²) in [6, 6.07) is 8.98. The molecule has 0 saturated carbocycles. The molecule has 0 fully saturated rings. The van der Waals surface area contributed by atoms with E-state index in [4.69, 9.17) is 0 Å². The second-order valence-electron chi connectivity index (χ2n) is 4.80. The maximum atomic E-state index is 12.1. The fourth-order valence-electron chi connectivity index (χ4n) is 1.88. The molecule has 1 heterocycles. The van der Waals surface area contributed by atoms with Crippen molar-refractivity contribution in [3.8, 4) is 0 Å². The van der Waals surface area contributed by atoms with Gasteiger partial charge in [-0.3, -0.25) is 9.59 Å². The van der Waals surface area contributed by atoms with Gasteiger partial charge in [-0.1, -0.05) is 41.7 Å². The summed E-state index contributed by atoms with van der Waals surface area (Å²) in [6.45, 7) is 3.99. The topological polar surface area (TPSA) is 84.0 Å². The van der Waals surface area contributed by atoms with E-state index in [0.29, 0.717) is 23.5 Å². The highest BCUT2D eigenvalue weighted by molar-refractivity contribution is 7.08. The standard InChI is InChI=1S/C15H18N4O2S/c1-3-12-13(22-19-18-12)15(21)17-10(2)14(20)16-9-11-7-5-4-6-8-11/h4-8,10H,3,9H2,1-2H3,(H,16,20)(H,17,21)/t10-/m1/s1. The molecule has 7 heteroatoms. The van der Waals surface area contributed by atoms with Crippen LogP contribution in [0.3, 0.4) is 0 Å². The smallest absolute Gasteiger partial charge is 0.265 e. The van der Waals surface area contributed by atoms with Crippen LogP contribution in [-0.4, -0.2) is 27.4 Å². The number of aromatic nitrogens is 2. The summed E-state index contributed by atoms with van der Waals surface area (Å²) in [5.41, 5.74) is 1.66. The van der Waals surface area contributed by atoms with E-state index in [1.807, 2.05) is 37.3 Å². The van der Waals surface area contributed by atoms with Crippen molar-refractivity contribution in [1.29, 1.82) is 0 Å². The molecule has 2 rings (SSSR count). The lowest BCUT2D eigenvalue weighted by molar-refractivity contribution is -0.122. The zero-order valence-corrected chi connectivity index (χ0v) is 13.3. The molecule has 22 heavy (non-hydrogen) atoms. The Morgan fingerprint density at radius 2 is 2.00 bits per heavy atom. The average molecular weight is 318 g/mol. The summed E-state index contributed by atoms with van der Waals surface area (Å²) in [6.07, 6.45) is 0.633. The summed E-state index contributed by atoms with van der Waals surface area (Å²) < 4.78 is 3.77. The Bertz CT molecular complexity index is 642. The molecular formula is C15H18N4O2S. The number of amides is 2. The van der Waals surface area contributed by atoms with Crippen LogP contribution in [0.5, 0.6) is 0 Å². The highest BCUT2D eigenvalue weighted by Crippen LogP contribution is 2.11. The van der Waals surface area contributed by atoms with E-state index >= 15 is 0 Å². The molecule has 0 bridgehead atoms. The van der Waals surface area contributed by atoms with E-state index in [2.05, 4.69) is 20.2 Å². The SMILES string of the molecule is CCc1nnsc1C(=O)N[C@H](C)C(=O)NCc1ccccc1. The van der Waals surface area contributed by atoms with Crippen LogP contribution in [0.15, 0.2) is 30.3 Å². The number of nitrogens with zero attached hydrogens (tertiary/aromatic N) is 2. The highest BCUT2D eigenvalue weighted by Gasteiger charge is 2.20. The van der Waals surface area contributed by atoms with Crippen molar-refractivity contribution in [2.75, 3.05) is 0 Å². The molecule has 2 amide bonds. The Morgan fingerprint density at radius 1 is 1.27 bits per heavy atom. The lowest BCUT2D eigenvalue weighted by atomic mass is 10.2. The normalized spacial score (nSPS) is 11.7. The third-order valence-electron chi connectivity index (χ3n) is 3.15. The molecule has 116 valence electrons. The Balaban J connectivity index is 1.87. The van der Waals surface area contributed by atoms with Gasteiger partial charge in [-0.2, -0.15) is 0 Å². The van der Waals surface area contributed by atoms with Crippen LogP contribution in [-0.2, 0) is 17.8 Å². The number of carbonyl (C=O) groups is 2. The van der Waals surface area contributed by atoms with Gasteiger partial charge in [-0.15, -0.1) is 5.10 Å². The minimum atomic E-state index is -0.622. The van der Waals surface area contributed by atoms with Gasteiger partial charge in [-0.05, 0) is 30.4 Å². The third kappa shape index (κ3) is 4.11. The monoisotopic (exact) mass is 318 g/mol. The zero-order valence-electron chi connectivity index (χ0n) is 12.5. The average Bonchev–Trinajstić information content (AvgIpc) is 3.02. The summed E-state index contributed by atoms with van der Waals surface area (Å²) >= 11 is 1.04. The van der Waals surface area contributed by atoms with Crippen LogP contribution < -0.4 is 10.6 Å². The number of hydrogen-bond donors (Lipinski definition) is 2. The minimum absolute atomic E-state index is 0.229. The third-order valence-corrected chi connectivity index (χ3v) is 3.91. The molecule has 0 unspecified atom stereocenters. The molecular weight excluding hydrogens is 300 g/mol. The maximum absolute atomic E-state index is 12.1. The van der Waals surface area contributed by atoms with Crippen LogP contribution in [0.4, 0.5) is 0 Å². The van der Waals surface area contributed by atoms with Crippen LogP contribution in [0.25, 0.3) is 0 Å². The van der Waals surface area contributed by atoms with Gasteiger partial charge < -0.3 is 10.6 Å². The van der Waals surface area contributed by atoms with Gasteiger partial charge in [0, 0.05) is 6.54 Å². The van der Waals surface area contributed by atoms with E-state index < -0.39 is 6.04 Å². The van der Waals surface area contributed by atoms with E-state index in [1.54, 1.807) is 6.92 Å². The fraction of sp³-hybridized carbons (Fsp3) is 0.333. The van der Waals surface area contributed by atoms with Crippen LogP contribution in [0.1, 0.15) is 34.8 Å². The van der Waals surface area contributed by atoms with Crippen LogP contribution in [0.2, 0.25) is 0 Å². The first-order chi connectivity index (χ1) is 10.6. The molecule has 0 aliphatic rings. The van der Waals surface area contributed by atoms with Crippen LogP contribution in [0, 0.1) is 0 Å². The number of aryl methyl sites for hydroxylation is 1. The predicted molar refractivity (Wildman–Crippen MR) is 84.5 cm³/mol. The molecule has 1 atom stereocenters. The van der Waals surface area contributed by atoms with Crippen molar-refractivity contribution in [3.63, 3.8) is 0 Å². The van der Waals surface area contributed by atoms with E-state index in [1.165, 1.54) is 0 Å². The van der Waals surface area contributed by atoms with Crippen molar-refractivity contribution in [2.45, 2.75) is 32.9 Å². The van der Waals surface area contributed by atoms with Crippen molar-refractivity contribution in [2.24, 2.45) is 0 Å². The molecule has 1 aromatic carbocycles. The lowest BCUT2D eigenvalue weighted by Gasteiger charge is -2.13. The van der Waals surface area contributed by atoms with Gasteiger partial charge in [0.25, 0.3) is 5.91 Å². The minimum Gasteiger partial charge on any atom is -0.350 e. The number of nitrogens with one attached hydrogen (secondary N) is 2. The molecule has 0 spiro atoms. The molecule has 2 aromatic rings. The number of benzene rings is 1. The van der Waals surface area contributed by atoms with Gasteiger partial charge in [0.15, 0.2) is 0 Å². The van der Waals surface area contributed by atoms with Crippen molar-refractivity contribution < 1.29 is 9.59 Å². The first kappa shape index (κ1) is 16.1. The zero-order chi connectivity index (χ0) is 15.9. The van der Waals surface area contributed by atoms with E-state index in [-0.39, 0.29) is 11.8 Å². The van der Waals surface area contributed by atoms with E-state index in [0.717, 1.165) is 17.1 Å². The Kier molecular flexibility index (Phi) is 5.60. The first-order valence-electron chi connectivity index (χ1n) is 7.05. The summed E-state index contributed by atoms with van der Waals surface area (Å²) in [5, 5.41) is 9.36. The number of rotatable bonds is 6. The number of hydrogen-bond acceptors (Lipinski definition) is 5. The van der Waals surface area contributed by atoms with Gasteiger partial charge in [0.2, 0.25) is 5.91 Å². The largest absolute Gasteiger partial charge is 0.350 e. The van der Waals surface area contributed by atoms with Gasteiger partial charge in [0.05, 0.1) is 5.69 Å². The molecule has 0 radical (unpaired) electrons. The van der Waals surface area contributed by atoms with Crippen molar-refractivity contribution in [1.82, 2.24) is 20.2 Å². The summed E-state index contributed by atoms with van der Waals surface area (Å²) in [5.74, 6) is -0.540. The van der Waals surface area contributed by atoms with Gasteiger partial charge in [0.1, 0.15) is 10.9 Å². The van der Waals surface area contributed by atoms with E-state index in [9.17, 15) is 9.59 Å². The van der Waals surface area contributed by atoms with Crippen molar-refractivity contribution in [3.05, 3.63) is 46.5 Å². The van der Waals surface area contributed by atoms with Gasteiger partial charge in [-0.25, -0.2) is 0 Å². The predicted octanol–water partition coefficient (Wildman–Crippen LogP) is 1.54. The highest BCUT2D eigenvalue weighted by atomic mass is 32.1. The molecule has 0 saturated heterocycles. The Hall–Kier alpha value is -2.28. The molecule has 1 aromatic heterocycles. The van der Waals surface area contributed by atoms with Gasteiger partial charge >= 0.3 is 0 Å². The summed E-state index contributed by atoms with van der Waals surface area (Å²) in [4.78, 5) is 24.6. The number of carbonyl (C=O) groups excluding carboxylic acids is 2. The van der Waals surface area contributed by atoms with Crippen LogP contribution >= 0.6 is 11.5 Å². The lowest BCUT2D eigenvalue weighted by Crippen LogP contribution is -2.44. The second-order valence-corrected chi connectivity index (χ2v) is 5.55. The van der Waals surface area contributed by atoms with Crippen molar-refractivity contribution >= 4 is 23.3 Å². The Labute approximate surface area is 133 Å². The summed E-state index contributed by atoms with van der Waals surface area (Å²) in [7, 11) is 0. The molecule has 2 N–H and O–H groups in total. The fourth-order valence-corrected chi connectivity index (χ4v) is 2.53. The molecule has 0 aliphatic heterocycles. The Morgan fingerprint density at radius 3 is 2.68 bits per heavy atom. The molecule has 0 aliphatic carbocycles. The first-order valence-corrected chi connectivity index (χ1v) is 7.83. The molecule has 6 nitrogen and oxygen atoms in total. The quantitative estimate of drug-likeness (QED) is 0.846.